The molecule has 0 saturated heterocycles. The van der Waals surface area contributed by atoms with Crippen molar-refractivity contribution < 1.29 is 0 Å². The second-order valence-corrected chi connectivity index (χ2v) is 4.32. The maximum atomic E-state index is 11.1. The first-order valence-corrected chi connectivity index (χ1v) is 5.16. The van der Waals surface area contributed by atoms with Crippen molar-refractivity contribution in [3.8, 4) is 11.3 Å². The van der Waals surface area contributed by atoms with Crippen molar-refractivity contribution in [1.29, 1.82) is 0 Å². The summed E-state index contributed by atoms with van der Waals surface area (Å²) in [5.41, 5.74) is 2.31. The van der Waals surface area contributed by atoms with Gasteiger partial charge in [0, 0.05) is 21.5 Å². The smallest absolute Gasteiger partial charge is 0.310 e. The van der Waals surface area contributed by atoms with Crippen LogP contribution in [-0.4, -0.2) is 9.97 Å². The highest BCUT2D eigenvalue weighted by atomic mass is 32.1. The van der Waals surface area contributed by atoms with Crippen LogP contribution in [0.2, 0.25) is 0 Å². The van der Waals surface area contributed by atoms with Crippen molar-refractivity contribution in [2.45, 2.75) is 13.8 Å². The molecule has 2 rings (SSSR count). The van der Waals surface area contributed by atoms with Crippen LogP contribution in [0, 0.1) is 13.8 Å². The molecule has 0 fully saturated rings. The molecule has 72 valence electrons. The first-order chi connectivity index (χ1) is 6.65. The Morgan fingerprint density at radius 3 is 2.71 bits per heavy atom. The number of hydrogen-bond acceptors (Lipinski definition) is 3. The Morgan fingerprint density at radius 1 is 1.36 bits per heavy atom. The van der Waals surface area contributed by atoms with Crippen LogP contribution >= 0.6 is 11.3 Å². The predicted molar refractivity (Wildman–Crippen MR) is 57.6 cm³/mol. The maximum absolute atomic E-state index is 11.1. The van der Waals surface area contributed by atoms with Crippen molar-refractivity contribution >= 4 is 11.3 Å². The van der Waals surface area contributed by atoms with Crippen LogP contribution < -0.4 is 5.69 Å². The lowest BCUT2D eigenvalue weighted by Crippen LogP contribution is -2.11. The van der Waals surface area contributed by atoms with Gasteiger partial charge in [0.25, 0.3) is 0 Å². The zero-order valence-electron chi connectivity index (χ0n) is 8.00. The third kappa shape index (κ3) is 1.75. The number of thiophene rings is 1. The largest absolute Gasteiger partial charge is 0.345 e. The molecule has 3 nitrogen and oxygen atoms in total. The molecule has 2 aromatic heterocycles. The van der Waals surface area contributed by atoms with Crippen molar-refractivity contribution in [3.05, 3.63) is 38.6 Å². The van der Waals surface area contributed by atoms with E-state index in [2.05, 4.69) is 9.97 Å². The molecule has 2 aromatic rings. The fourth-order valence-electron chi connectivity index (χ4n) is 1.31. The predicted octanol–water partition coefficient (Wildman–Crippen LogP) is 2.12. The summed E-state index contributed by atoms with van der Waals surface area (Å²) in [5, 5.41) is 2.01. The Morgan fingerprint density at radius 2 is 2.14 bits per heavy atom. The molecule has 0 radical (unpaired) electrons. The van der Waals surface area contributed by atoms with E-state index >= 15 is 0 Å². The van der Waals surface area contributed by atoms with Crippen molar-refractivity contribution in [3.63, 3.8) is 0 Å². The van der Waals surface area contributed by atoms with Gasteiger partial charge in [-0.25, -0.2) is 4.79 Å². The number of aromatic nitrogens is 2. The molecule has 2 heterocycles. The SMILES string of the molecule is Cc1cc(-c2csc(C)c2)nc(=O)[nH]1. The van der Waals surface area contributed by atoms with Gasteiger partial charge in [-0.05, 0) is 26.0 Å². The zero-order valence-corrected chi connectivity index (χ0v) is 8.81. The normalized spacial score (nSPS) is 10.4. The highest BCUT2D eigenvalue weighted by Gasteiger charge is 2.03. The maximum Gasteiger partial charge on any atom is 0.345 e. The molecule has 4 heteroatoms. The molecule has 0 aromatic carbocycles. The van der Waals surface area contributed by atoms with Crippen LogP contribution in [0.1, 0.15) is 10.6 Å². The van der Waals surface area contributed by atoms with E-state index in [4.69, 9.17) is 0 Å². The summed E-state index contributed by atoms with van der Waals surface area (Å²) in [5.74, 6) is 0. The molecule has 1 N–H and O–H groups in total. The number of aryl methyl sites for hydroxylation is 2. The number of nitrogens with zero attached hydrogens (tertiary/aromatic N) is 1. The van der Waals surface area contributed by atoms with E-state index in [-0.39, 0.29) is 5.69 Å². The van der Waals surface area contributed by atoms with E-state index < -0.39 is 0 Å². The van der Waals surface area contributed by atoms with Crippen molar-refractivity contribution in [2.75, 3.05) is 0 Å². The first-order valence-electron chi connectivity index (χ1n) is 4.28. The summed E-state index contributed by atoms with van der Waals surface area (Å²) >= 11 is 1.66. The van der Waals surface area contributed by atoms with E-state index in [1.54, 1.807) is 11.3 Å². The fraction of sp³-hybridized carbons (Fsp3) is 0.200. The number of H-pyrrole nitrogens is 1. The van der Waals surface area contributed by atoms with Gasteiger partial charge in [-0.15, -0.1) is 11.3 Å². The molecule has 0 bridgehead atoms. The molecule has 0 spiro atoms. The quantitative estimate of drug-likeness (QED) is 0.776. The summed E-state index contributed by atoms with van der Waals surface area (Å²) in [7, 11) is 0. The zero-order chi connectivity index (χ0) is 10.1. The summed E-state index contributed by atoms with van der Waals surface area (Å²) in [6, 6.07) is 3.91. The Balaban J connectivity index is 2.56. The lowest BCUT2D eigenvalue weighted by Gasteiger charge is -1.96. The van der Waals surface area contributed by atoms with Crippen LogP contribution in [0.3, 0.4) is 0 Å². The average Bonchev–Trinajstić information content (AvgIpc) is 2.50. The van der Waals surface area contributed by atoms with Crippen LogP contribution in [-0.2, 0) is 0 Å². The van der Waals surface area contributed by atoms with Gasteiger partial charge in [-0.2, -0.15) is 4.98 Å². The average molecular weight is 206 g/mol. The fourth-order valence-corrected chi connectivity index (χ4v) is 2.00. The molecule has 0 aliphatic heterocycles. The molecular formula is C10H10N2OS. The summed E-state index contributed by atoms with van der Waals surface area (Å²) < 4.78 is 0. The Hall–Kier alpha value is -1.42. The number of nitrogens with one attached hydrogen (secondary N) is 1. The van der Waals surface area contributed by atoms with E-state index in [9.17, 15) is 4.79 Å². The second kappa shape index (κ2) is 3.38. The minimum absolute atomic E-state index is 0.288. The molecule has 0 amide bonds. The molecule has 0 aliphatic rings. The summed E-state index contributed by atoms with van der Waals surface area (Å²) in [4.78, 5) is 18.9. The van der Waals surface area contributed by atoms with Crippen LogP contribution in [0.25, 0.3) is 11.3 Å². The van der Waals surface area contributed by atoms with Gasteiger partial charge in [0.2, 0.25) is 0 Å². The van der Waals surface area contributed by atoms with E-state index in [0.29, 0.717) is 0 Å². The van der Waals surface area contributed by atoms with E-state index in [1.165, 1.54) is 4.88 Å². The summed E-state index contributed by atoms with van der Waals surface area (Å²) in [6.07, 6.45) is 0. The Labute approximate surface area is 85.5 Å². The molecule has 0 saturated carbocycles. The second-order valence-electron chi connectivity index (χ2n) is 3.20. The monoisotopic (exact) mass is 206 g/mol. The topological polar surface area (TPSA) is 45.8 Å². The van der Waals surface area contributed by atoms with Gasteiger partial charge in [0.15, 0.2) is 0 Å². The lowest BCUT2D eigenvalue weighted by molar-refractivity contribution is 1.03. The summed E-state index contributed by atoms with van der Waals surface area (Å²) in [6.45, 7) is 3.89. The molecule has 0 atom stereocenters. The minimum atomic E-state index is -0.288. The van der Waals surface area contributed by atoms with E-state index in [0.717, 1.165) is 17.0 Å². The first kappa shape index (κ1) is 9.15. The van der Waals surface area contributed by atoms with E-state index in [1.807, 2.05) is 31.4 Å². The number of rotatable bonds is 1. The lowest BCUT2D eigenvalue weighted by atomic mass is 10.2. The molecular weight excluding hydrogens is 196 g/mol. The van der Waals surface area contributed by atoms with Crippen molar-refractivity contribution in [2.24, 2.45) is 0 Å². The third-order valence-electron chi connectivity index (χ3n) is 1.91. The Bertz CT molecular complexity index is 513. The van der Waals surface area contributed by atoms with Crippen LogP contribution in [0.15, 0.2) is 22.3 Å². The highest BCUT2D eigenvalue weighted by Crippen LogP contribution is 2.22. The standard InChI is InChI=1S/C10H10N2OS/c1-6-3-9(12-10(13)11-6)8-4-7(2)14-5-8/h3-5H,1-2H3,(H,11,12,13). The van der Waals surface area contributed by atoms with Gasteiger partial charge in [0.1, 0.15) is 0 Å². The number of aromatic amines is 1. The molecule has 14 heavy (non-hydrogen) atoms. The van der Waals surface area contributed by atoms with Crippen molar-refractivity contribution in [1.82, 2.24) is 9.97 Å². The number of hydrogen-bond donors (Lipinski definition) is 1. The van der Waals surface area contributed by atoms with Gasteiger partial charge < -0.3 is 4.98 Å². The van der Waals surface area contributed by atoms with Gasteiger partial charge in [-0.1, -0.05) is 0 Å². The van der Waals surface area contributed by atoms with Crippen LogP contribution in [0.5, 0.6) is 0 Å². The Kier molecular flexibility index (Phi) is 2.21. The molecule has 0 unspecified atom stereocenters. The van der Waals surface area contributed by atoms with Gasteiger partial charge in [-0.3, -0.25) is 0 Å². The van der Waals surface area contributed by atoms with Gasteiger partial charge in [0.05, 0.1) is 5.69 Å². The third-order valence-corrected chi connectivity index (χ3v) is 2.77. The minimum Gasteiger partial charge on any atom is -0.310 e. The highest BCUT2D eigenvalue weighted by molar-refractivity contribution is 7.10. The van der Waals surface area contributed by atoms with Crippen LogP contribution in [0.4, 0.5) is 0 Å². The van der Waals surface area contributed by atoms with Gasteiger partial charge >= 0.3 is 5.69 Å². The molecule has 0 aliphatic carbocycles.